The van der Waals surface area contributed by atoms with Crippen molar-refractivity contribution in [3.63, 3.8) is 0 Å². The van der Waals surface area contributed by atoms with Gasteiger partial charge in [0, 0.05) is 19.2 Å². The predicted molar refractivity (Wildman–Crippen MR) is 81.5 cm³/mol. The zero-order valence-electron chi connectivity index (χ0n) is 12.4. The summed E-state index contributed by atoms with van der Waals surface area (Å²) < 4.78 is 0. The van der Waals surface area contributed by atoms with Crippen LogP contribution in [0.3, 0.4) is 0 Å². The minimum atomic E-state index is -0.170. The Hall–Kier alpha value is -2.04. The van der Waals surface area contributed by atoms with E-state index in [4.69, 9.17) is 10.6 Å². The number of oxime groups is 1. The highest BCUT2D eigenvalue weighted by atomic mass is 16.6. The number of benzene rings is 1. The molecule has 0 unspecified atom stereocenters. The van der Waals surface area contributed by atoms with Crippen molar-refractivity contribution in [2.45, 2.75) is 26.7 Å². The van der Waals surface area contributed by atoms with Gasteiger partial charge in [-0.2, -0.15) is 0 Å². The first-order valence-electron chi connectivity index (χ1n) is 6.76. The zero-order chi connectivity index (χ0) is 15.0. The standard InChI is InChI=1S/C15H23N3O2/c1-12(2)9-10-14(16)17-20-11-15(19)18(3)13-7-5-4-6-8-13/h4-8,12H,9-11H2,1-3H3,(H2,16,17). The number of nitrogens with two attached hydrogens (primary N) is 1. The van der Waals surface area contributed by atoms with Gasteiger partial charge in [-0.05, 0) is 24.5 Å². The van der Waals surface area contributed by atoms with Gasteiger partial charge in [-0.25, -0.2) is 0 Å². The second-order valence-electron chi connectivity index (χ2n) is 5.08. The molecule has 0 saturated heterocycles. The number of likely N-dealkylation sites (N-methyl/N-ethyl adjacent to an activating group) is 1. The monoisotopic (exact) mass is 277 g/mol. The van der Waals surface area contributed by atoms with Crippen molar-refractivity contribution in [3.8, 4) is 0 Å². The number of carbonyl (C=O) groups excluding carboxylic acids is 1. The van der Waals surface area contributed by atoms with E-state index in [1.807, 2.05) is 30.3 Å². The maximum absolute atomic E-state index is 11.9. The first-order chi connectivity index (χ1) is 9.50. The molecule has 0 aromatic heterocycles. The first-order valence-corrected chi connectivity index (χ1v) is 6.76. The Bertz CT molecular complexity index is 444. The van der Waals surface area contributed by atoms with Gasteiger partial charge in [0.25, 0.3) is 5.91 Å². The van der Waals surface area contributed by atoms with Crippen molar-refractivity contribution in [3.05, 3.63) is 30.3 Å². The molecule has 20 heavy (non-hydrogen) atoms. The molecule has 0 aliphatic heterocycles. The van der Waals surface area contributed by atoms with Gasteiger partial charge in [-0.15, -0.1) is 0 Å². The second-order valence-corrected chi connectivity index (χ2v) is 5.08. The average molecular weight is 277 g/mol. The summed E-state index contributed by atoms with van der Waals surface area (Å²) in [6, 6.07) is 9.37. The molecule has 5 heteroatoms. The summed E-state index contributed by atoms with van der Waals surface area (Å²) in [7, 11) is 1.70. The maximum Gasteiger partial charge on any atom is 0.267 e. The first kappa shape index (κ1) is 16.0. The Morgan fingerprint density at radius 1 is 1.35 bits per heavy atom. The van der Waals surface area contributed by atoms with Gasteiger partial charge in [0.1, 0.15) is 5.84 Å². The number of amides is 1. The topological polar surface area (TPSA) is 67.9 Å². The summed E-state index contributed by atoms with van der Waals surface area (Å²) >= 11 is 0. The fourth-order valence-corrected chi connectivity index (χ4v) is 1.55. The molecule has 0 heterocycles. The zero-order valence-corrected chi connectivity index (χ0v) is 12.4. The van der Waals surface area contributed by atoms with Gasteiger partial charge in [0.05, 0.1) is 0 Å². The van der Waals surface area contributed by atoms with Crippen LogP contribution in [-0.4, -0.2) is 25.4 Å². The molecule has 0 saturated carbocycles. The molecular weight excluding hydrogens is 254 g/mol. The minimum Gasteiger partial charge on any atom is -0.384 e. The summed E-state index contributed by atoms with van der Waals surface area (Å²) in [4.78, 5) is 18.4. The molecule has 1 amide bonds. The van der Waals surface area contributed by atoms with Crippen LogP contribution in [0.2, 0.25) is 0 Å². The summed E-state index contributed by atoms with van der Waals surface area (Å²) in [5, 5.41) is 3.76. The summed E-state index contributed by atoms with van der Waals surface area (Å²) in [5.41, 5.74) is 6.51. The third-order valence-electron chi connectivity index (χ3n) is 2.87. The Kier molecular flexibility index (Phi) is 6.56. The van der Waals surface area contributed by atoms with Crippen LogP contribution in [0.4, 0.5) is 5.69 Å². The quantitative estimate of drug-likeness (QED) is 0.472. The molecule has 0 aliphatic carbocycles. The minimum absolute atomic E-state index is 0.117. The Morgan fingerprint density at radius 2 is 2.00 bits per heavy atom. The van der Waals surface area contributed by atoms with E-state index in [0.717, 1.165) is 12.1 Å². The van der Waals surface area contributed by atoms with Crippen LogP contribution in [0.1, 0.15) is 26.7 Å². The van der Waals surface area contributed by atoms with Gasteiger partial charge in [0.15, 0.2) is 6.61 Å². The van der Waals surface area contributed by atoms with E-state index in [-0.39, 0.29) is 12.5 Å². The highest BCUT2D eigenvalue weighted by molar-refractivity contribution is 5.93. The van der Waals surface area contributed by atoms with Crippen molar-refractivity contribution in [1.82, 2.24) is 0 Å². The lowest BCUT2D eigenvalue weighted by Crippen LogP contribution is -2.29. The molecule has 1 aromatic rings. The molecule has 0 atom stereocenters. The number of amidine groups is 1. The van der Waals surface area contributed by atoms with Gasteiger partial charge in [0.2, 0.25) is 0 Å². The van der Waals surface area contributed by atoms with Crippen molar-refractivity contribution >= 4 is 17.4 Å². The fraction of sp³-hybridized carbons (Fsp3) is 0.467. The fourth-order valence-electron chi connectivity index (χ4n) is 1.55. The van der Waals surface area contributed by atoms with Crippen LogP contribution in [0, 0.1) is 5.92 Å². The number of hydrogen-bond acceptors (Lipinski definition) is 3. The Labute approximate surface area is 120 Å². The van der Waals surface area contributed by atoms with Gasteiger partial charge >= 0.3 is 0 Å². The molecule has 0 radical (unpaired) electrons. The van der Waals surface area contributed by atoms with Gasteiger partial charge in [-0.3, -0.25) is 4.79 Å². The Morgan fingerprint density at radius 3 is 2.60 bits per heavy atom. The van der Waals surface area contributed by atoms with E-state index in [1.54, 1.807) is 7.05 Å². The molecule has 5 nitrogen and oxygen atoms in total. The number of hydrogen-bond donors (Lipinski definition) is 1. The van der Waals surface area contributed by atoms with E-state index >= 15 is 0 Å². The largest absolute Gasteiger partial charge is 0.384 e. The molecular formula is C15H23N3O2. The lowest BCUT2D eigenvalue weighted by atomic mass is 10.1. The van der Waals surface area contributed by atoms with Crippen molar-refractivity contribution in [2.75, 3.05) is 18.6 Å². The van der Waals surface area contributed by atoms with Crippen molar-refractivity contribution in [2.24, 2.45) is 16.8 Å². The molecule has 110 valence electrons. The van der Waals surface area contributed by atoms with E-state index in [9.17, 15) is 4.79 Å². The highest BCUT2D eigenvalue weighted by Crippen LogP contribution is 2.11. The molecule has 2 N–H and O–H groups in total. The predicted octanol–water partition coefficient (Wildman–Crippen LogP) is 2.37. The van der Waals surface area contributed by atoms with Crippen LogP contribution < -0.4 is 10.6 Å². The van der Waals surface area contributed by atoms with Crippen LogP contribution >= 0.6 is 0 Å². The van der Waals surface area contributed by atoms with Gasteiger partial charge in [-0.1, -0.05) is 37.2 Å². The molecule has 0 spiro atoms. The van der Waals surface area contributed by atoms with E-state index < -0.39 is 0 Å². The van der Waals surface area contributed by atoms with Crippen molar-refractivity contribution < 1.29 is 9.63 Å². The normalized spacial score (nSPS) is 11.5. The molecule has 1 rings (SSSR count). The van der Waals surface area contributed by atoms with Crippen LogP contribution in [-0.2, 0) is 9.63 Å². The average Bonchev–Trinajstić information content (AvgIpc) is 2.45. The smallest absolute Gasteiger partial charge is 0.267 e. The number of para-hydroxylation sites is 1. The van der Waals surface area contributed by atoms with Crippen LogP contribution in [0.15, 0.2) is 35.5 Å². The number of rotatable bonds is 7. The maximum atomic E-state index is 11.9. The lowest BCUT2D eigenvalue weighted by molar-refractivity contribution is -0.122. The Balaban J connectivity index is 2.38. The molecule has 0 bridgehead atoms. The van der Waals surface area contributed by atoms with Gasteiger partial charge < -0.3 is 15.5 Å². The summed E-state index contributed by atoms with van der Waals surface area (Å²) in [5.74, 6) is 0.820. The highest BCUT2D eigenvalue weighted by Gasteiger charge is 2.10. The SMILES string of the molecule is CC(C)CC/C(N)=N/OCC(=O)N(C)c1ccccc1. The molecule has 0 fully saturated rings. The number of carbonyl (C=O) groups is 1. The van der Waals surface area contributed by atoms with Crippen molar-refractivity contribution in [1.29, 1.82) is 0 Å². The van der Waals surface area contributed by atoms with E-state index in [0.29, 0.717) is 18.2 Å². The molecule has 1 aromatic carbocycles. The summed E-state index contributed by atoms with van der Waals surface area (Å²) in [6.07, 6.45) is 1.64. The van der Waals surface area contributed by atoms with Crippen LogP contribution in [0.25, 0.3) is 0 Å². The van der Waals surface area contributed by atoms with Crippen LogP contribution in [0.5, 0.6) is 0 Å². The third-order valence-corrected chi connectivity index (χ3v) is 2.87. The van der Waals surface area contributed by atoms with E-state index in [2.05, 4.69) is 19.0 Å². The summed E-state index contributed by atoms with van der Waals surface area (Å²) in [6.45, 7) is 4.12. The van der Waals surface area contributed by atoms with E-state index in [1.165, 1.54) is 4.90 Å². The number of nitrogens with zero attached hydrogens (tertiary/aromatic N) is 2. The lowest BCUT2D eigenvalue weighted by Gasteiger charge is -2.16. The molecule has 0 aliphatic rings. The third kappa shape index (κ3) is 5.73. The second kappa shape index (κ2) is 8.19. The number of anilines is 1.